The third-order valence-electron chi connectivity index (χ3n) is 7.12. The van der Waals surface area contributed by atoms with Crippen LogP contribution in [0.4, 0.5) is 0 Å². The van der Waals surface area contributed by atoms with E-state index in [1.807, 2.05) is 41.5 Å². The van der Waals surface area contributed by atoms with E-state index in [9.17, 15) is 28.8 Å². The van der Waals surface area contributed by atoms with Gasteiger partial charge in [-0.1, -0.05) is 0 Å². The number of hydrogen-bond donors (Lipinski definition) is 0. The zero-order valence-electron chi connectivity index (χ0n) is 28.0. The van der Waals surface area contributed by atoms with Crippen LogP contribution in [0.3, 0.4) is 0 Å². The minimum absolute atomic E-state index is 0.112. The molecule has 0 atom stereocenters. The first-order valence-electron chi connectivity index (χ1n) is 14.1. The van der Waals surface area contributed by atoms with Gasteiger partial charge in [-0.25, -0.2) is 0 Å². The van der Waals surface area contributed by atoms with E-state index >= 15 is 0 Å². The van der Waals surface area contributed by atoms with E-state index in [1.165, 1.54) is 0 Å². The molecular weight excluding hydrogens is 651 g/mol. The van der Waals surface area contributed by atoms with E-state index in [0.29, 0.717) is 7.18 Å². The van der Waals surface area contributed by atoms with Crippen molar-refractivity contribution in [2.75, 3.05) is 0 Å². The average molecular weight is 709 g/mol. The van der Waals surface area contributed by atoms with E-state index in [0.717, 1.165) is 0 Å². The number of carbonyl (C=O) groups is 6. The quantitative estimate of drug-likeness (QED) is 0.162. The fraction of sp³-hybridized carbons (Fsp3) is 0.818. The molecule has 0 spiro atoms. The molecule has 0 radical (unpaired) electrons. The Morgan fingerprint density at radius 3 is 0.675 bits per heavy atom. The Kier molecular flexibility index (Phi) is 13.5. The summed E-state index contributed by atoms with van der Waals surface area (Å²) in [6, 6.07) is 0. The van der Waals surface area contributed by atoms with E-state index in [2.05, 4.69) is 0 Å². The summed E-state index contributed by atoms with van der Waals surface area (Å²) in [7, 11) is 0. The first-order valence-corrected chi connectivity index (χ1v) is 18.7. The SMILES string of the molecule is CC(C)(C)C(=O)CC(=O)C(C)(C)[CH2][Tb]([CH2]C(C)(C)C(=O)CC(=O)C(C)(C)C)[CH2]C(C)(C)C(=O)CC(=O)C(C)(C)C. The van der Waals surface area contributed by atoms with Gasteiger partial charge in [0.25, 0.3) is 0 Å². The van der Waals surface area contributed by atoms with Gasteiger partial charge in [-0.2, -0.15) is 0 Å². The molecule has 234 valence electrons. The molecule has 0 aliphatic heterocycles. The standard InChI is InChI=1S/3C11H19O2.Tb/c3*1-10(2,3)8(12)7-9(13)11(4,5)6;/h3*1,7H2,2-6H3;. The number of rotatable bonds is 15. The molecule has 40 heavy (non-hydrogen) atoms. The van der Waals surface area contributed by atoms with Crippen molar-refractivity contribution in [2.24, 2.45) is 32.5 Å². The third-order valence-corrected chi connectivity index (χ3v) is 16.0. The second-order valence-electron chi connectivity index (χ2n) is 16.3. The van der Waals surface area contributed by atoms with Crippen LogP contribution in [0.25, 0.3) is 0 Å². The first kappa shape index (κ1) is 39.3. The molecule has 0 aliphatic carbocycles. The fourth-order valence-electron chi connectivity index (χ4n) is 3.52. The van der Waals surface area contributed by atoms with Gasteiger partial charge < -0.3 is 0 Å². The summed E-state index contributed by atoms with van der Waals surface area (Å²) in [6.07, 6.45) is -0.438. The van der Waals surface area contributed by atoms with Crippen molar-refractivity contribution in [1.82, 2.24) is 0 Å². The predicted molar refractivity (Wildman–Crippen MR) is 158 cm³/mol. The third kappa shape index (κ3) is 12.7. The number of hydrogen-bond acceptors (Lipinski definition) is 6. The van der Waals surface area contributed by atoms with Crippen LogP contribution in [0.15, 0.2) is 0 Å². The predicted octanol–water partition coefficient (Wildman–Crippen LogP) is 7.66. The molecule has 0 aliphatic rings. The van der Waals surface area contributed by atoms with Crippen molar-refractivity contribution < 1.29 is 61.4 Å². The second-order valence-corrected chi connectivity index (χ2v) is 21.8. The maximum atomic E-state index is 13.4. The molecule has 6 nitrogen and oxygen atoms in total. The average Bonchev–Trinajstić information content (AvgIpc) is 2.70. The van der Waals surface area contributed by atoms with Crippen LogP contribution in [0, 0.1) is 65.2 Å². The summed E-state index contributed by atoms with van der Waals surface area (Å²) < 4.78 is 1.62. The molecule has 0 saturated carbocycles. The maximum absolute atomic E-state index is 13.4. The molecule has 0 N–H and O–H groups in total. The van der Waals surface area contributed by atoms with E-state index in [-0.39, 0.29) is 54.0 Å². The topological polar surface area (TPSA) is 102 Å². The van der Waals surface area contributed by atoms with Gasteiger partial charge in [0.05, 0.1) is 0 Å². The van der Waals surface area contributed by atoms with Crippen LogP contribution in [0.1, 0.15) is 123 Å². The molecule has 0 unspecified atom stereocenters. The Hall–Kier alpha value is -0.694. The van der Waals surface area contributed by atoms with Crippen LogP contribution < -0.4 is 0 Å². The van der Waals surface area contributed by atoms with Gasteiger partial charge >= 0.3 is 259 Å². The van der Waals surface area contributed by atoms with Crippen molar-refractivity contribution >= 4 is 34.7 Å². The van der Waals surface area contributed by atoms with Crippen LogP contribution in [-0.4, -0.2) is 34.7 Å². The van der Waals surface area contributed by atoms with Gasteiger partial charge in [-0.3, -0.25) is 0 Å². The van der Waals surface area contributed by atoms with Crippen molar-refractivity contribution in [3.8, 4) is 0 Å². The molecule has 7 heteroatoms. The molecule has 0 aromatic carbocycles. The molecule has 0 amide bonds. The molecule has 0 aromatic heterocycles. The number of ketones is 6. The Labute approximate surface area is 257 Å². The number of carbonyl (C=O) groups excluding carboxylic acids is 6. The zero-order chi connectivity index (χ0) is 32.3. The molecule has 0 saturated heterocycles. The monoisotopic (exact) mass is 708 g/mol. The zero-order valence-corrected chi connectivity index (χ0v) is 30.2. The first-order chi connectivity index (χ1) is 17.4. The molecule has 0 bridgehead atoms. The molecule has 0 aromatic rings. The van der Waals surface area contributed by atoms with Crippen molar-refractivity contribution in [3.05, 3.63) is 0 Å². The van der Waals surface area contributed by atoms with Gasteiger partial charge in [0.2, 0.25) is 0 Å². The summed E-state index contributed by atoms with van der Waals surface area (Å²) in [5, 5.41) is 0. The van der Waals surface area contributed by atoms with E-state index < -0.39 is 65.2 Å². The minimum atomic E-state index is -2.39. The van der Waals surface area contributed by atoms with Crippen LogP contribution >= 0.6 is 0 Å². The summed E-state index contributed by atoms with van der Waals surface area (Å²) in [6.45, 7) is 27.3. The van der Waals surface area contributed by atoms with E-state index in [1.54, 1.807) is 62.3 Å². The van der Waals surface area contributed by atoms with Crippen LogP contribution in [-0.2, 0) is 28.8 Å². The van der Waals surface area contributed by atoms with Crippen molar-refractivity contribution in [3.63, 3.8) is 0 Å². The fourth-order valence-corrected chi connectivity index (χ4v) is 13.6. The van der Waals surface area contributed by atoms with E-state index in [4.69, 9.17) is 0 Å². The normalized spacial score (nSPS) is 14.0. The molecule has 0 heterocycles. The Bertz CT molecular complexity index is 865. The van der Waals surface area contributed by atoms with Crippen LogP contribution in [0.2, 0.25) is 7.18 Å². The van der Waals surface area contributed by atoms with Crippen molar-refractivity contribution in [1.29, 1.82) is 0 Å². The summed E-state index contributed by atoms with van der Waals surface area (Å²) in [4.78, 5) is 78.0. The van der Waals surface area contributed by atoms with Gasteiger partial charge in [-0.05, 0) is 0 Å². The molecule has 0 rings (SSSR count). The van der Waals surface area contributed by atoms with Crippen LogP contribution in [0.5, 0.6) is 0 Å². The summed E-state index contributed by atoms with van der Waals surface area (Å²) in [5.74, 6) is -0.719. The summed E-state index contributed by atoms with van der Waals surface area (Å²) >= 11 is -2.39. The van der Waals surface area contributed by atoms with Gasteiger partial charge in [0.1, 0.15) is 0 Å². The molecular formula is C33H57O6Tb. The van der Waals surface area contributed by atoms with Gasteiger partial charge in [0.15, 0.2) is 0 Å². The van der Waals surface area contributed by atoms with Gasteiger partial charge in [0, 0.05) is 0 Å². The Balaban J connectivity index is 6.21. The van der Waals surface area contributed by atoms with Crippen molar-refractivity contribution in [2.45, 2.75) is 130 Å². The Morgan fingerprint density at radius 2 is 0.525 bits per heavy atom. The van der Waals surface area contributed by atoms with Gasteiger partial charge in [-0.15, -0.1) is 0 Å². The molecule has 0 fully saturated rings. The second kappa shape index (κ2) is 13.7. The Morgan fingerprint density at radius 1 is 0.350 bits per heavy atom. The number of Topliss-reactive ketones (excluding diaryl/α,β-unsaturated/α-hetero) is 6. The summed E-state index contributed by atoms with van der Waals surface area (Å²) in [5.41, 5.74) is -4.24.